The van der Waals surface area contributed by atoms with Crippen LogP contribution in [0.15, 0.2) is 5.03 Å². The van der Waals surface area contributed by atoms with Crippen molar-refractivity contribution in [3.63, 3.8) is 0 Å². The lowest BCUT2D eigenvalue weighted by molar-refractivity contribution is -0.124. The van der Waals surface area contributed by atoms with Gasteiger partial charge in [-0.05, 0) is 26.7 Å². The number of hydrogen-bond donors (Lipinski definition) is 9. The van der Waals surface area contributed by atoms with Gasteiger partial charge < -0.3 is 51.7 Å². The predicted octanol–water partition coefficient (Wildman–Crippen LogP) is -1.95. The van der Waals surface area contributed by atoms with E-state index in [2.05, 4.69) is 38.5 Å². The number of aliphatic hydroxyl groups excluding tert-OH is 4. The molecule has 9 N–H and O–H groups in total. The topological polar surface area (TPSA) is 198 Å². The Bertz CT molecular complexity index is 774. The molecule has 188 valence electrons. The zero-order chi connectivity index (χ0) is 24.5. The van der Waals surface area contributed by atoms with E-state index in [9.17, 15) is 20.1 Å². The molecule has 1 aromatic heterocycles. The normalized spacial score (nSPS) is 17.5. The number of thiol groups is 1. The van der Waals surface area contributed by atoms with Gasteiger partial charge in [-0.2, -0.15) is 4.98 Å². The van der Waals surface area contributed by atoms with Crippen LogP contribution in [0, 0.1) is 0 Å². The van der Waals surface area contributed by atoms with Crippen LogP contribution in [0.1, 0.15) is 26.7 Å². The molecule has 0 saturated carbocycles. The van der Waals surface area contributed by atoms with Gasteiger partial charge in [-0.3, -0.25) is 4.79 Å². The number of carbonyl (C=O) groups is 1. The van der Waals surface area contributed by atoms with Gasteiger partial charge >= 0.3 is 0 Å². The van der Waals surface area contributed by atoms with E-state index in [1.165, 1.54) is 6.92 Å². The predicted molar refractivity (Wildman–Crippen MR) is 125 cm³/mol. The third-order valence-corrected chi connectivity index (χ3v) is 5.51. The molecule has 0 aromatic carbocycles. The zero-order valence-electron chi connectivity index (χ0n) is 18.8. The first-order chi connectivity index (χ1) is 15.7. The maximum absolute atomic E-state index is 11.7. The molecule has 0 fully saturated rings. The summed E-state index contributed by atoms with van der Waals surface area (Å²) < 4.78 is 5.71. The van der Waals surface area contributed by atoms with Crippen molar-refractivity contribution in [1.82, 2.24) is 15.3 Å². The van der Waals surface area contributed by atoms with Gasteiger partial charge in [0.15, 0.2) is 5.82 Å². The van der Waals surface area contributed by atoms with Crippen molar-refractivity contribution < 1.29 is 30.0 Å². The molecule has 0 spiro atoms. The number of aliphatic hydroxyl groups is 4. The highest BCUT2D eigenvalue weighted by molar-refractivity contribution is 7.80. The smallest absolute Gasteiger partial charge is 0.239 e. The Labute approximate surface area is 198 Å². The van der Waals surface area contributed by atoms with Crippen molar-refractivity contribution in [1.29, 1.82) is 0 Å². The number of fused-ring (bicyclic) bond motifs is 1. The number of ether oxygens (including phenoxy) is 1. The monoisotopic (exact) mass is 489 g/mol. The summed E-state index contributed by atoms with van der Waals surface area (Å²) in [4.78, 5) is 22.4. The minimum atomic E-state index is -1.21. The van der Waals surface area contributed by atoms with E-state index in [4.69, 9.17) is 15.6 Å². The average molecular weight is 490 g/mol. The van der Waals surface area contributed by atoms with Gasteiger partial charge in [-0.1, -0.05) is 0 Å². The second-order valence-electron chi connectivity index (χ2n) is 7.77. The van der Waals surface area contributed by atoms with Gasteiger partial charge in [-0.25, -0.2) is 4.98 Å². The third kappa shape index (κ3) is 7.53. The lowest BCUT2D eigenvalue weighted by Gasteiger charge is -2.30. The molecule has 0 radical (unpaired) electrons. The Balaban J connectivity index is 1.88. The number of amides is 1. The molecule has 0 aliphatic carbocycles. The Morgan fingerprint density at radius 2 is 1.94 bits per heavy atom. The van der Waals surface area contributed by atoms with Crippen LogP contribution in [0.2, 0.25) is 0 Å². The quantitative estimate of drug-likeness (QED) is 0.0796. The second kappa shape index (κ2) is 13.1. The van der Waals surface area contributed by atoms with Gasteiger partial charge in [-0.15, -0.1) is 12.6 Å². The molecular weight excluding hydrogens is 454 g/mol. The number of carbonyl (C=O) groups excluding carboxylic acids is 1. The summed E-state index contributed by atoms with van der Waals surface area (Å²) in [7, 11) is 0. The highest BCUT2D eigenvalue weighted by Gasteiger charge is 2.31. The van der Waals surface area contributed by atoms with Gasteiger partial charge in [0.2, 0.25) is 11.9 Å². The van der Waals surface area contributed by atoms with Crippen LogP contribution >= 0.6 is 12.6 Å². The van der Waals surface area contributed by atoms with Crippen molar-refractivity contribution in [2.45, 2.75) is 62.3 Å². The standard InChI is InChI=1S/C19H35N7O6S/c1-10(29)14(20)17(31)21-5-3-4-6-22-19-24-16-15(18(33)25-19)23-9-26(16)11(2)32-13(8-28)12(30)7-27/h10-14,23,27-30H,3-9,20H2,1-2H3,(H,21,31)(H2,22,24,25,33)/t10?,11?,12-,13-,14?/m1/s1. The van der Waals surface area contributed by atoms with Gasteiger partial charge in [0.1, 0.15) is 35.2 Å². The van der Waals surface area contributed by atoms with E-state index in [-0.39, 0.29) is 0 Å². The molecule has 33 heavy (non-hydrogen) atoms. The maximum Gasteiger partial charge on any atom is 0.239 e. The molecule has 1 amide bonds. The Morgan fingerprint density at radius 1 is 1.24 bits per heavy atom. The summed E-state index contributed by atoms with van der Waals surface area (Å²) in [5.41, 5.74) is 6.21. The molecule has 2 heterocycles. The number of rotatable bonds is 14. The summed E-state index contributed by atoms with van der Waals surface area (Å²) in [5.74, 6) is 0.534. The molecule has 0 saturated heterocycles. The Kier molecular flexibility index (Phi) is 10.8. The first-order valence-electron chi connectivity index (χ1n) is 10.8. The lowest BCUT2D eigenvalue weighted by Crippen LogP contribution is -2.47. The van der Waals surface area contributed by atoms with E-state index in [0.717, 1.165) is 6.42 Å². The minimum Gasteiger partial charge on any atom is -0.394 e. The van der Waals surface area contributed by atoms with Crippen LogP contribution in [0.3, 0.4) is 0 Å². The Hall–Kier alpha value is -1.94. The Morgan fingerprint density at radius 3 is 2.58 bits per heavy atom. The molecule has 0 bridgehead atoms. The molecular formula is C19H35N7O6S. The molecule has 5 atom stereocenters. The molecule has 13 nitrogen and oxygen atoms in total. The fourth-order valence-corrected chi connectivity index (χ4v) is 3.39. The summed E-state index contributed by atoms with van der Waals surface area (Å²) in [6.07, 6.45) is -2.20. The minimum absolute atomic E-state index is 0.365. The van der Waals surface area contributed by atoms with Crippen LogP contribution in [-0.4, -0.2) is 99.9 Å². The maximum atomic E-state index is 11.7. The highest BCUT2D eigenvalue weighted by Crippen LogP contribution is 2.36. The van der Waals surface area contributed by atoms with E-state index >= 15 is 0 Å². The van der Waals surface area contributed by atoms with Gasteiger partial charge in [0.25, 0.3) is 0 Å². The van der Waals surface area contributed by atoms with Crippen molar-refractivity contribution in [2.24, 2.45) is 5.73 Å². The van der Waals surface area contributed by atoms with E-state index in [1.807, 2.05) is 0 Å². The van der Waals surface area contributed by atoms with Gasteiger partial charge in [0, 0.05) is 13.1 Å². The molecule has 3 unspecified atom stereocenters. The fourth-order valence-electron chi connectivity index (χ4n) is 3.12. The van der Waals surface area contributed by atoms with E-state index < -0.39 is 49.7 Å². The van der Waals surface area contributed by atoms with Crippen LogP contribution in [-0.2, 0) is 9.53 Å². The number of nitrogens with one attached hydrogen (secondary N) is 3. The number of hydrogen-bond acceptors (Lipinski definition) is 13. The van der Waals surface area contributed by atoms with Crippen LogP contribution in [0.25, 0.3) is 0 Å². The number of nitrogens with two attached hydrogens (primary N) is 1. The number of aromatic nitrogens is 2. The summed E-state index contributed by atoms with van der Waals surface area (Å²) >= 11 is 4.43. The van der Waals surface area contributed by atoms with Crippen molar-refractivity contribution in [3.8, 4) is 0 Å². The first-order valence-corrected chi connectivity index (χ1v) is 11.3. The summed E-state index contributed by atoms with van der Waals surface area (Å²) in [6.45, 7) is 3.59. The molecule has 1 aromatic rings. The van der Waals surface area contributed by atoms with Crippen molar-refractivity contribution in [2.75, 3.05) is 48.5 Å². The largest absolute Gasteiger partial charge is 0.394 e. The van der Waals surface area contributed by atoms with Crippen LogP contribution in [0.4, 0.5) is 17.5 Å². The summed E-state index contributed by atoms with van der Waals surface area (Å²) in [5, 5.41) is 47.0. The summed E-state index contributed by atoms with van der Waals surface area (Å²) in [6, 6.07) is -0.945. The fraction of sp³-hybridized carbons (Fsp3) is 0.737. The van der Waals surface area contributed by atoms with Crippen molar-refractivity contribution >= 4 is 36.0 Å². The molecule has 1 aliphatic rings. The zero-order valence-corrected chi connectivity index (χ0v) is 19.7. The van der Waals surface area contributed by atoms with Crippen LogP contribution < -0.4 is 26.6 Å². The number of unbranched alkanes of at least 4 members (excludes halogenated alkanes) is 1. The molecule has 14 heteroatoms. The number of anilines is 3. The molecule has 2 rings (SSSR count). The second-order valence-corrected chi connectivity index (χ2v) is 8.20. The van der Waals surface area contributed by atoms with Gasteiger partial charge in [0.05, 0.1) is 26.0 Å². The third-order valence-electron chi connectivity index (χ3n) is 5.18. The molecule has 1 aliphatic heterocycles. The van der Waals surface area contributed by atoms with E-state index in [1.54, 1.807) is 11.8 Å². The number of nitrogens with zero attached hydrogens (tertiary/aromatic N) is 3. The highest BCUT2D eigenvalue weighted by atomic mass is 32.1. The van der Waals surface area contributed by atoms with E-state index in [0.29, 0.717) is 48.7 Å². The SMILES string of the molecule is CC(O)C(N)C(=O)NCCCCNc1nc(S)c2c(n1)N(C(C)O[C@H](CO)[C@H](O)CO)CN2. The lowest BCUT2D eigenvalue weighted by atomic mass is 10.2. The van der Waals surface area contributed by atoms with Crippen LogP contribution in [0.5, 0.6) is 0 Å². The average Bonchev–Trinajstić information content (AvgIpc) is 3.22. The first kappa shape index (κ1) is 27.3. The van der Waals surface area contributed by atoms with Crippen molar-refractivity contribution in [3.05, 3.63) is 0 Å².